The summed E-state index contributed by atoms with van der Waals surface area (Å²) in [7, 11) is 1.67. The van der Waals surface area contributed by atoms with Gasteiger partial charge in [-0.1, -0.05) is 0 Å². The zero-order valence-electron chi connectivity index (χ0n) is 13.7. The van der Waals surface area contributed by atoms with E-state index in [1.807, 2.05) is 6.92 Å². The van der Waals surface area contributed by atoms with Gasteiger partial charge in [-0.15, -0.1) is 0 Å². The molecule has 7 nitrogen and oxygen atoms in total. The summed E-state index contributed by atoms with van der Waals surface area (Å²) in [6.07, 6.45) is 4.35. The molecule has 1 aromatic heterocycles. The number of carbonyl (C=O) groups is 1. The smallest absolute Gasteiger partial charge is 0.237 e. The molecule has 0 aliphatic carbocycles. The van der Waals surface area contributed by atoms with Crippen molar-refractivity contribution in [3.8, 4) is 0 Å². The zero-order valence-corrected chi connectivity index (χ0v) is 15.3. The number of rotatable bonds is 7. The Hall–Kier alpha value is -1.25. The van der Waals surface area contributed by atoms with Crippen molar-refractivity contribution < 1.29 is 9.53 Å². The molecule has 2 heterocycles. The van der Waals surface area contributed by atoms with Crippen molar-refractivity contribution in [3.63, 3.8) is 0 Å². The lowest BCUT2D eigenvalue weighted by Gasteiger charge is -2.37. The molecule has 128 valence electrons. The molecular weight excluding hydrogens is 362 g/mol. The lowest BCUT2D eigenvalue weighted by Crippen LogP contribution is -2.54. The average molecular weight is 386 g/mol. The molecule has 1 amide bonds. The van der Waals surface area contributed by atoms with Gasteiger partial charge in [0.15, 0.2) is 0 Å². The molecule has 1 aromatic rings. The Kier molecular flexibility index (Phi) is 7.19. The molecule has 1 fully saturated rings. The van der Waals surface area contributed by atoms with Gasteiger partial charge < -0.3 is 15.0 Å². The van der Waals surface area contributed by atoms with Crippen molar-refractivity contribution >= 4 is 27.8 Å². The average Bonchev–Trinajstić information content (AvgIpc) is 2.59. The monoisotopic (exact) mass is 385 g/mol. The first-order chi connectivity index (χ1) is 11.1. The summed E-state index contributed by atoms with van der Waals surface area (Å²) >= 11 is 3.34. The molecule has 23 heavy (non-hydrogen) atoms. The number of ether oxygens (including phenoxy) is 1. The largest absolute Gasteiger partial charge is 0.385 e. The Morgan fingerprint density at radius 1 is 1.35 bits per heavy atom. The third kappa shape index (κ3) is 5.40. The quantitative estimate of drug-likeness (QED) is 0.703. The van der Waals surface area contributed by atoms with Gasteiger partial charge in [0.05, 0.1) is 10.5 Å². The number of nitrogens with zero attached hydrogens (tertiary/aromatic N) is 4. The van der Waals surface area contributed by atoms with Gasteiger partial charge >= 0.3 is 0 Å². The van der Waals surface area contributed by atoms with Gasteiger partial charge in [0.2, 0.25) is 11.9 Å². The number of nitrogens with one attached hydrogen (secondary N) is 1. The summed E-state index contributed by atoms with van der Waals surface area (Å²) in [5, 5.41) is 2.96. The van der Waals surface area contributed by atoms with E-state index in [1.54, 1.807) is 19.5 Å². The van der Waals surface area contributed by atoms with Gasteiger partial charge in [-0.05, 0) is 29.3 Å². The van der Waals surface area contributed by atoms with Crippen LogP contribution in [-0.4, -0.2) is 73.3 Å². The van der Waals surface area contributed by atoms with E-state index in [0.29, 0.717) is 13.2 Å². The van der Waals surface area contributed by atoms with Crippen molar-refractivity contribution in [3.05, 3.63) is 16.9 Å². The fourth-order valence-corrected chi connectivity index (χ4v) is 2.72. The second-order valence-corrected chi connectivity index (χ2v) is 6.45. The molecule has 1 saturated heterocycles. The maximum absolute atomic E-state index is 12.2. The van der Waals surface area contributed by atoms with Crippen molar-refractivity contribution in [2.75, 3.05) is 51.3 Å². The van der Waals surface area contributed by atoms with Crippen LogP contribution in [0.4, 0.5) is 5.95 Å². The highest BCUT2D eigenvalue weighted by molar-refractivity contribution is 9.10. The molecule has 0 bridgehead atoms. The summed E-state index contributed by atoms with van der Waals surface area (Å²) < 4.78 is 5.85. The molecule has 0 spiro atoms. The van der Waals surface area contributed by atoms with Crippen LogP contribution in [0.15, 0.2) is 16.9 Å². The van der Waals surface area contributed by atoms with E-state index in [4.69, 9.17) is 4.74 Å². The topological polar surface area (TPSA) is 70.6 Å². The van der Waals surface area contributed by atoms with Gasteiger partial charge in [0, 0.05) is 58.8 Å². The number of hydrogen-bond acceptors (Lipinski definition) is 6. The summed E-state index contributed by atoms with van der Waals surface area (Å²) in [6.45, 7) is 6.58. The van der Waals surface area contributed by atoms with Crippen molar-refractivity contribution in [2.45, 2.75) is 19.4 Å². The number of amides is 1. The summed E-state index contributed by atoms with van der Waals surface area (Å²) in [5.74, 6) is 0.818. The number of hydrogen-bond donors (Lipinski definition) is 1. The third-order valence-electron chi connectivity index (χ3n) is 3.96. The maximum Gasteiger partial charge on any atom is 0.237 e. The van der Waals surface area contributed by atoms with Crippen molar-refractivity contribution in [2.24, 2.45) is 0 Å². The zero-order chi connectivity index (χ0) is 16.7. The van der Waals surface area contributed by atoms with E-state index < -0.39 is 0 Å². The molecule has 1 unspecified atom stereocenters. The van der Waals surface area contributed by atoms with Crippen LogP contribution < -0.4 is 10.2 Å². The Morgan fingerprint density at radius 2 is 2.00 bits per heavy atom. The highest BCUT2D eigenvalue weighted by Gasteiger charge is 2.26. The number of carbonyl (C=O) groups excluding carboxylic acids is 1. The highest BCUT2D eigenvalue weighted by Crippen LogP contribution is 2.14. The predicted molar refractivity (Wildman–Crippen MR) is 92.5 cm³/mol. The van der Waals surface area contributed by atoms with Crippen LogP contribution in [0.5, 0.6) is 0 Å². The fourth-order valence-electron chi connectivity index (χ4n) is 2.52. The maximum atomic E-state index is 12.2. The van der Waals surface area contributed by atoms with Gasteiger partial charge in [-0.2, -0.15) is 0 Å². The molecular formula is C15H24BrN5O2. The van der Waals surface area contributed by atoms with Crippen LogP contribution in [0.25, 0.3) is 0 Å². The first-order valence-corrected chi connectivity index (χ1v) is 8.64. The van der Waals surface area contributed by atoms with E-state index >= 15 is 0 Å². The molecule has 0 saturated carbocycles. The van der Waals surface area contributed by atoms with Crippen molar-refractivity contribution in [1.82, 2.24) is 20.2 Å². The van der Waals surface area contributed by atoms with E-state index in [1.165, 1.54) is 0 Å². The molecule has 1 aliphatic heterocycles. The Balaban J connectivity index is 1.76. The minimum Gasteiger partial charge on any atom is -0.385 e. The number of piperazine rings is 1. The van der Waals surface area contributed by atoms with Gasteiger partial charge in [0.25, 0.3) is 0 Å². The summed E-state index contributed by atoms with van der Waals surface area (Å²) in [5.41, 5.74) is 0. The van der Waals surface area contributed by atoms with Crippen LogP contribution in [-0.2, 0) is 9.53 Å². The minimum absolute atomic E-state index is 0.0782. The lowest BCUT2D eigenvalue weighted by atomic mass is 10.2. The highest BCUT2D eigenvalue weighted by atomic mass is 79.9. The summed E-state index contributed by atoms with van der Waals surface area (Å²) in [4.78, 5) is 25.1. The number of aromatic nitrogens is 2. The molecule has 1 aliphatic rings. The Labute approximate surface area is 145 Å². The molecule has 0 radical (unpaired) electrons. The van der Waals surface area contributed by atoms with Crippen LogP contribution in [0.1, 0.15) is 13.3 Å². The van der Waals surface area contributed by atoms with E-state index in [2.05, 4.69) is 41.0 Å². The van der Waals surface area contributed by atoms with E-state index in [9.17, 15) is 4.79 Å². The van der Waals surface area contributed by atoms with Crippen LogP contribution in [0, 0.1) is 0 Å². The number of halogens is 1. The Morgan fingerprint density at radius 3 is 2.61 bits per heavy atom. The molecule has 2 rings (SSSR count). The number of anilines is 1. The molecule has 8 heteroatoms. The van der Waals surface area contributed by atoms with Gasteiger partial charge in [-0.25, -0.2) is 9.97 Å². The molecule has 1 N–H and O–H groups in total. The second-order valence-electron chi connectivity index (χ2n) is 5.54. The van der Waals surface area contributed by atoms with Crippen LogP contribution >= 0.6 is 15.9 Å². The normalized spacial score (nSPS) is 17.1. The second kappa shape index (κ2) is 9.14. The first-order valence-electron chi connectivity index (χ1n) is 7.85. The SMILES string of the molecule is COCCCNC(=O)C(C)N1CCN(c2ncc(Br)cn2)CC1. The summed E-state index contributed by atoms with van der Waals surface area (Å²) in [6, 6.07) is -0.120. The third-order valence-corrected chi connectivity index (χ3v) is 4.36. The standard InChI is InChI=1S/C15H24BrN5O2/c1-12(14(22)17-4-3-9-23-2)20-5-7-21(8-6-20)15-18-10-13(16)11-19-15/h10-12H,3-9H2,1-2H3,(H,17,22). The number of methoxy groups -OCH3 is 1. The van der Waals surface area contributed by atoms with E-state index in [0.717, 1.165) is 43.0 Å². The Bertz CT molecular complexity index is 491. The van der Waals surface area contributed by atoms with Gasteiger partial charge in [-0.3, -0.25) is 9.69 Å². The lowest BCUT2D eigenvalue weighted by molar-refractivity contribution is -0.126. The van der Waals surface area contributed by atoms with Gasteiger partial charge in [0.1, 0.15) is 0 Å². The van der Waals surface area contributed by atoms with Crippen LogP contribution in [0.3, 0.4) is 0 Å². The van der Waals surface area contributed by atoms with Crippen LogP contribution in [0.2, 0.25) is 0 Å². The predicted octanol–water partition coefficient (Wildman–Crippen LogP) is 0.902. The molecule has 0 aromatic carbocycles. The molecule has 1 atom stereocenters. The first kappa shape index (κ1) is 18.1. The van der Waals surface area contributed by atoms with E-state index in [-0.39, 0.29) is 11.9 Å². The fraction of sp³-hybridized carbons (Fsp3) is 0.667. The van der Waals surface area contributed by atoms with Crippen molar-refractivity contribution in [1.29, 1.82) is 0 Å². The minimum atomic E-state index is -0.120.